The Morgan fingerprint density at radius 3 is 2.30 bits per heavy atom. The van der Waals surface area contributed by atoms with Crippen molar-refractivity contribution in [1.29, 1.82) is 0 Å². The van der Waals surface area contributed by atoms with E-state index in [0.717, 1.165) is 5.76 Å². The van der Waals surface area contributed by atoms with Crippen LogP contribution < -0.4 is 5.73 Å². The summed E-state index contributed by atoms with van der Waals surface area (Å²) in [5.41, 5.74) is 5.51. The zero-order valence-corrected chi connectivity index (χ0v) is 6.39. The minimum Gasteiger partial charge on any atom is -0.489 e. The summed E-state index contributed by atoms with van der Waals surface area (Å²) in [6.07, 6.45) is 0. The van der Waals surface area contributed by atoms with Crippen molar-refractivity contribution < 1.29 is 9.47 Å². The van der Waals surface area contributed by atoms with E-state index < -0.39 is 0 Å². The molecular formula is C7H13NO2. The molecule has 1 heterocycles. The Labute approximate surface area is 60.8 Å². The van der Waals surface area contributed by atoms with E-state index in [0.29, 0.717) is 25.0 Å². The molecule has 0 spiro atoms. The van der Waals surface area contributed by atoms with E-state index in [1.807, 2.05) is 13.8 Å². The van der Waals surface area contributed by atoms with Crippen molar-refractivity contribution in [1.82, 2.24) is 0 Å². The summed E-state index contributed by atoms with van der Waals surface area (Å²) in [5.74, 6) is 1.55. The number of rotatable bonds is 1. The number of hydrogen-bond donors (Lipinski definition) is 1. The fourth-order valence-electron chi connectivity index (χ4n) is 0.897. The van der Waals surface area contributed by atoms with Crippen LogP contribution in [0.4, 0.5) is 0 Å². The van der Waals surface area contributed by atoms with Crippen LogP contribution in [-0.4, -0.2) is 13.2 Å². The van der Waals surface area contributed by atoms with Crippen molar-refractivity contribution in [3.8, 4) is 0 Å². The number of hydrogen-bond acceptors (Lipinski definition) is 3. The maximum Gasteiger partial charge on any atom is 0.223 e. The van der Waals surface area contributed by atoms with Gasteiger partial charge < -0.3 is 15.2 Å². The van der Waals surface area contributed by atoms with Gasteiger partial charge >= 0.3 is 0 Å². The molecule has 0 aliphatic carbocycles. The van der Waals surface area contributed by atoms with Crippen molar-refractivity contribution in [2.75, 3.05) is 13.2 Å². The summed E-state index contributed by atoms with van der Waals surface area (Å²) in [7, 11) is 0. The Morgan fingerprint density at radius 2 is 1.90 bits per heavy atom. The second-order valence-corrected chi connectivity index (χ2v) is 2.58. The third-order valence-electron chi connectivity index (χ3n) is 1.37. The van der Waals surface area contributed by atoms with Crippen LogP contribution in [0.1, 0.15) is 13.8 Å². The van der Waals surface area contributed by atoms with Crippen molar-refractivity contribution in [3.05, 3.63) is 11.6 Å². The molecule has 0 fully saturated rings. The zero-order chi connectivity index (χ0) is 7.56. The molecule has 10 heavy (non-hydrogen) atoms. The van der Waals surface area contributed by atoms with E-state index in [1.165, 1.54) is 0 Å². The lowest BCUT2D eigenvalue weighted by atomic mass is 10.2. The highest BCUT2D eigenvalue weighted by Crippen LogP contribution is 2.17. The topological polar surface area (TPSA) is 44.5 Å². The van der Waals surface area contributed by atoms with Gasteiger partial charge in [-0.3, -0.25) is 0 Å². The Hall–Kier alpha value is -0.860. The first-order valence-electron chi connectivity index (χ1n) is 3.47. The van der Waals surface area contributed by atoms with Gasteiger partial charge in [-0.15, -0.1) is 0 Å². The highest BCUT2D eigenvalue weighted by molar-refractivity contribution is 5.01. The lowest BCUT2D eigenvalue weighted by Crippen LogP contribution is -2.21. The SMILES string of the molecule is CC(C)C1=C(N)OCCO1. The van der Waals surface area contributed by atoms with Crippen LogP contribution in [-0.2, 0) is 9.47 Å². The summed E-state index contributed by atoms with van der Waals surface area (Å²) < 4.78 is 10.4. The molecule has 0 saturated carbocycles. The predicted octanol–water partition coefficient (Wildman–Crippen LogP) is 0.817. The number of nitrogens with two attached hydrogens (primary N) is 1. The second-order valence-electron chi connectivity index (χ2n) is 2.58. The third-order valence-corrected chi connectivity index (χ3v) is 1.37. The third kappa shape index (κ3) is 1.35. The fourth-order valence-corrected chi connectivity index (χ4v) is 0.897. The van der Waals surface area contributed by atoms with Crippen LogP contribution in [0.15, 0.2) is 11.6 Å². The molecule has 0 amide bonds. The van der Waals surface area contributed by atoms with Gasteiger partial charge in [0.2, 0.25) is 5.88 Å². The molecule has 0 aromatic carbocycles. The van der Waals surface area contributed by atoms with Crippen molar-refractivity contribution in [3.63, 3.8) is 0 Å². The van der Waals surface area contributed by atoms with Crippen molar-refractivity contribution in [2.45, 2.75) is 13.8 Å². The lowest BCUT2D eigenvalue weighted by Gasteiger charge is -2.21. The standard InChI is InChI=1S/C7H13NO2/c1-5(2)6-7(8)10-4-3-9-6/h5H,3-4,8H2,1-2H3. The first-order chi connectivity index (χ1) is 4.72. The molecule has 0 aromatic heterocycles. The van der Waals surface area contributed by atoms with Gasteiger partial charge in [0.25, 0.3) is 0 Å². The van der Waals surface area contributed by atoms with Crippen LogP contribution in [0.5, 0.6) is 0 Å². The Bertz CT molecular complexity index is 152. The van der Waals surface area contributed by atoms with Gasteiger partial charge in [0.05, 0.1) is 0 Å². The fraction of sp³-hybridized carbons (Fsp3) is 0.714. The molecule has 3 heteroatoms. The van der Waals surface area contributed by atoms with Gasteiger partial charge in [-0.1, -0.05) is 13.8 Å². The zero-order valence-electron chi connectivity index (χ0n) is 6.39. The highest BCUT2D eigenvalue weighted by atomic mass is 16.6. The Balaban J connectivity index is 2.68. The molecule has 0 aromatic rings. The predicted molar refractivity (Wildman–Crippen MR) is 38.0 cm³/mol. The van der Waals surface area contributed by atoms with Crippen LogP contribution in [0.2, 0.25) is 0 Å². The highest BCUT2D eigenvalue weighted by Gasteiger charge is 2.15. The summed E-state index contributed by atoms with van der Waals surface area (Å²) in [6, 6.07) is 0. The van der Waals surface area contributed by atoms with Gasteiger partial charge in [0, 0.05) is 5.92 Å². The quantitative estimate of drug-likeness (QED) is 0.591. The molecule has 0 radical (unpaired) electrons. The van der Waals surface area contributed by atoms with Gasteiger partial charge in [-0.2, -0.15) is 0 Å². The number of allylic oxidation sites excluding steroid dienone is 1. The average Bonchev–Trinajstić information content (AvgIpc) is 1.88. The summed E-state index contributed by atoms with van der Waals surface area (Å²) in [4.78, 5) is 0. The largest absolute Gasteiger partial charge is 0.489 e. The molecule has 1 aliphatic rings. The van der Waals surface area contributed by atoms with E-state index in [-0.39, 0.29) is 0 Å². The van der Waals surface area contributed by atoms with E-state index in [2.05, 4.69) is 0 Å². The van der Waals surface area contributed by atoms with Gasteiger partial charge in [-0.25, -0.2) is 0 Å². The minimum absolute atomic E-state index is 0.320. The summed E-state index contributed by atoms with van der Waals surface area (Å²) in [6.45, 7) is 5.24. The lowest BCUT2D eigenvalue weighted by molar-refractivity contribution is 0.0476. The van der Waals surface area contributed by atoms with E-state index in [1.54, 1.807) is 0 Å². The summed E-state index contributed by atoms with van der Waals surface area (Å²) in [5, 5.41) is 0. The van der Waals surface area contributed by atoms with Crippen LogP contribution >= 0.6 is 0 Å². The molecule has 2 N–H and O–H groups in total. The monoisotopic (exact) mass is 143 g/mol. The smallest absolute Gasteiger partial charge is 0.223 e. The molecule has 0 bridgehead atoms. The van der Waals surface area contributed by atoms with Crippen molar-refractivity contribution in [2.24, 2.45) is 11.7 Å². The van der Waals surface area contributed by atoms with Crippen LogP contribution in [0, 0.1) is 5.92 Å². The Kier molecular flexibility index (Phi) is 2.04. The first kappa shape index (κ1) is 7.25. The van der Waals surface area contributed by atoms with Gasteiger partial charge in [0.1, 0.15) is 13.2 Å². The second kappa shape index (κ2) is 2.82. The maximum absolute atomic E-state index is 5.51. The average molecular weight is 143 g/mol. The molecule has 1 rings (SSSR count). The number of ether oxygens (including phenoxy) is 2. The van der Waals surface area contributed by atoms with Crippen molar-refractivity contribution >= 4 is 0 Å². The molecular weight excluding hydrogens is 130 g/mol. The molecule has 1 aliphatic heterocycles. The summed E-state index contributed by atoms with van der Waals surface area (Å²) >= 11 is 0. The molecule has 0 atom stereocenters. The Morgan fingerprint density at radius 1 is 1.30 bits per heavy atom. The normalized spacial score (nSPS) is 18.7. The van der Waals surface area contributed by atoms with E-state index in [4.69, 9.17) is 15.2 Å². The first-order valence-corrected chi connectivity index (χ1v) is 3.47. The maximum atomic E-state index is 5.51. The van der Waals surface area contributed by atoms with Gasteiger partial charge in [-0.05, 0) is 0 Å². The molecule has 3 nitrogen and oxygen atoms in total. The molecule has 58 valence electrons. The minimum atomic E-state index is 0.320. The van der Waals surface area contributed by atoms with Gasteiger partial charge in [0.15, 0.2) is 5.76 Å². The molecule has 0 saturated heterocycles. The van der Waals surface area contributed by atoms with E-state index >= 15 is 0 Å². The van der Waals surface area contributed by atoms with E-state index in [9.17, 15) is 0 Å². The van der Waals surface area contributed by atoms with Crippen LogP contribution in [0.3, 0.4) is 0 Å². The van der Waals surface area contributed by atoms with Crippen LogP contribution in [0.25, 0.3) is 0 Å². The molecule has 0 unspecified atom stereocenters.